The quantitative estimate of drug-likeness (QED) is 0.514. The molecule has 2 aromatic carbocycles. The van der Waals surface area contributed by atoms with Crippen molar-refractivity contribution in [2.45, 2.75) is 0 Å². The molecule has 0 unspecified atom stereocenters. The SMILES string of the molecule is Oc1cc2c(cc1O)OCC(c1ccc(O)c(O)c1O)=C2. The van der Waals surface area contributed by atoms with E-state index in [9.17, 15) is 25.5 Å². The minimum atomic E-state index is -0.604. The first-order valence-electron chi connectivity index (χ1n) is 6.11. The van der Waals surface area contributed by atoms with E-state index in [-0.39, 0.29) is 18.1 Å². The van der Waals surface area contributed by atoms with Crippen LogP contribution in [-0.2, 0) is 0 Å². The van der Waals surface area contributed by atoms with Gasteiger partial charge in [-0.3, -0.25) is 0 Å². The van der Waals surface area contributed by atoms with Gasteiger partial charge < -0.3 is 30.3 Å². The largest absolute Gasteiger partial charge is 0.504 e. The lowest BCUT2D eigenvalue weighted by molar-refractivity contribution is 0.352. The average Bonchev–Trinajstić information content (AvgIpc) is 2.46. The van der Waals surface area contributed by atoms with E-state index < -0.39 is 17.2 Å². The second-order valence-electron chi connectivity index (χ2n) is 4.67. The van der Waals surface area contributed by atoms with E-state index in [2.05, 4.69) is 0 Å². The smallest absolute Gasteiger partial charge is 0.200 e. The molecular weight excluding hydrogens is 276 g/mol. The zero-order valence-electron chi connectivity index (χ0n) is 10.7. The van der Waals surface area contributed by atoms with Crippen molar-refractivity contribution in [3.05, 3.63) is 35.4 Å². The topological polar surface area (TPSA) is 110 Å². The van der Waals surface area contributed by atoms with Gasteiger partial charge in [0.2, 0.25) is 5.75 Å². The third-order valence-electron chi connectivity index (χ3n) is 3.30. The maximum absolute atomic E-state index is 9.88. The molecule has 108 valence electrons. The number of hydrogen-bond donors (Lipinski definition) is 5. The highest BCUT2D eigenvalue weighted by molar-refractivity contribution is 5.89. The fraction of sp³-hybridized carbons (Fsp3) is 0.0667. The Bertz CT molecular complexity index is 763. The van der Waals surface area contributed by atoms with Gasteiger partial charge in [-0.05, 0) is 24.3 Å². The van der Waals surface area contributed by atoms with Crippen LogP contribution in [0.3, 0.4) is 0 Å². The van der Waals surface area contributed by atoms with E-state index in [4.69, 9.17) is 4.74 Å². The number of benzene rings is 2. The van der Waals surface area contributed by atoms with Crippen LogP contribution < -0.4 is 4.74 Å². The zero-order valence-corrected chi connectivity index (χ0v) is 10.7. The fourth-order valence-corrected chi connectivity index (χ4v) is 2.18. The van der Waals surface area contributed by atoms with Gasteiger partial charge >= 0.3 is 0 Å². The third kappa shape index (κ3) is 2.06. The normalized spacial score (nSPS) is 13.2. The van der Waals surface area contributed by atoms with Crippen LogP contribution in [0, 0.1) is 0 Å². The summed E-state index contributed by atoms with van der Waals surface area (Å²) in [6, 6.07) is 5.34. The van der Waals surface area contributed by atoms with Gasteiger partial charge in [0.15, 0.2) is 23.0 Å². The van der Waals surface area contributed by atoms with Gasteiger partial charge in [-0.25, -0.2) is 0 Å². The number of phenols is 5. The third-order valence-corrected chi connectivity index (χ3v) is 3.30. The van der Waals surface area contributed by atoms with Gasteiger partial charge in [-0.15, -0.1) is 0 Å². The molecule has 3 rings (SSSR count). The summed E-state index contributed by atoms with van der Waals surface area (Å²) in [5, 5.41) is 47.7. The Hall–Kier alpha value is -3.02. The lowest BCUT2D eigenvalue weighted by Crippen LogP contribution is -2.06. The predicted molar refractivity (Wildman–Crippen MR) is 74.6 cm³/mol. The van der Waals surface area contributed by atoms with Crippen LogP contribution >= 0.6 is 0 Å². The van der Waals surface area contributed by atoms with Gasteiger partial charge in [0.05, 0.1) is 0 Å². The summed E-state index contributed by atoms with van der Waals surface area (Å²) in [7, 11) is 0. The molecule has 0 atom stereocenters. The molecule has 0 aromatic heterocycles. The molecule has 0 amide bonds. The lowest BCUT2D eigenvalue weighted by Gasteiger charge is -2.19. The van der Waals surface area contributed by atoms with Crippen LogP contribution in [0.1, 0.15) is 11.1 Å². The summed E-state index contributed by atoms with van der Waals surface area (Å²) in [4.78, 5) is 0. The van der Waals surface area contributed by atoms with Crippen molar-refractivity contribution in [2.75, 3.05) is 6.61 Å². The number of hydrogen-bond acceptors (Lipinski definition) is 6. The molecule has 0 bridgehead atoms. The van der Waals surface area contributed by atoms with Gasteiger partial charge in [0, 0.05) is 22.8 Å². The molecule has 0 saturated carbocycles. The minimum Gasteiger partial charge on any atom is -0.504 e. The van der Waals surface area contributed by atoms with Gasteiger partial charge in [0.25, 0.3) is 0 Å². The van der Waals surface area contributed by atoms with Crippen LogP contribution in [0.5, 0.6) is 34.5 Å². The Kier molecular flexibility index (Phi) is 2.79. The molecule has 21 heavy (non-hydrogen) atoms. The summed E-state index contributed by atoms with van der Waals surface area (Å²) < 4.78 is 5.46. The summed E-state index contributed by atoms with van der Waals surface area (Å²) in [5.74, 6) is -1.64. The maximum atomic E-state index is 9.88. The van der Waals surface area contributed by atoms with E-state index >= 15 is 0 Å². The summed E-state index contributed by atoms with van der Waals surface area (Å²) in [6.45, 7) is 0.106. The second kappa shape index (κ2) is 4.52. The van der Waals surface area contributed by atoms with Crippen molar-refractivity contribution in [3.63, 3.8) is 0 Å². The van der Waals surface area contributed by atoms with E-state index in [0.717, 1.165) is 0 Å². The van der Waals surface area contributed by atoms with Crippen molar-refractivity contribution >= 4 is 11.6 Å². The van der Waals surface area contributed by atoms with Gasteiger partial charge in [-0.1, -0.05) is 0 Å². The first-order valence-corrected chi connectivity index (χ1v) is 6.11. The highest BCUT2D eigenvalue weighted by Crippen LogP contribution is 2.43. The van der Waals surface area contributed by atoms with E-state index in [1.165, 1.54) is 24.3 Å². The molecule has 0 fully saturated rings. The Balaban J connectivity index is 2.11. The van der Waals surface area contributed by atoms with Crippen molar-refractivity contribution in [1.29, 1.82) is 0 Å². The van der Waals surface area contributed by atoms with Crippen LogP contribution in [0.15, 0.2) is 24.3 Å². The van der Waals surface area contributed by atoms with E-state index in [1.54, 1.807) is 6.08 Å². The molecule has 6 nitrogen and oxygen atoms in total. The van der Waals surface area contributed by atoms with E-state index in [0.29, 0.717) is 22.4 Å². The van der Waals surface area contributed by atoms with Gasteiger partial charge in [-0.2, -0.15) is 0 Å². The summed E-state index contributed by atoms with van der Waals surface area (Å²) in [5.41, 5.74) is 1.39. The Morgan fingerprint density at radius 2 is 1.52 bits per heavy atom. The molecule has 0 spiro atoms. The lowest BCUT2D eigenvalue weighted by atomic mass is 9.99. The van der Waals surface area contributed by atoms with Crippen molar-refractivity contribution < 1.29 is 30.3 Å². The molecule has 1 aliphatic heterocycles. The summed E-state index contributed by atoms with van der Waals surface area (Å²) in [6.07, 6.45) is 1.66. The zero-order chi connectivity index (χ0) is 15.1. The Morgan fingerprint density at radius 1 is 0.810 bits per heavy atom. The number of phenolic OH excluding ortho intramolecular Hbond substituents is 5. The molecule has 0 aliphatic carbocycles. The second-order valence-corrected chi connectivity index (χ2v) is 4.67. The first kappa shape index (κ1) is 13.0. The number of rotatable bonds is 1. The van der Waals surface area contributed by atoms with Gasteiger partial charge in [0.1, 0.15) is 12.4 Å². The highest BCUT2D eigenvalue weighted by atomic mass is 16.5. The Morgan fingerprint density at radius 3 is 2.29 bits per heavy atom. The Labute approximate surface area is 119 Å². The average molecular weight is 288 g/mol. The minimum absolute atomic E-state index is 0.106. The highest BCUT2D eigenvalue weighted by Gasteiger charge is 2.20. The number of ether oxygens (including phenoxy) is 1. The molecule has 6 heteroatoms. The fourth-order valence-electron chi connectivity index (χ4n) is 2.18. The molecule has 1 aliphatic rings. The first-order chi connectivity index (χ1) is 9.97. The van der Waals surface area contributed by atoms with E-state index in [1.807, 2.05) is 0 Å². The van der Waals surface area contributed by atoms with Crippen molar-refractivity contribution in [2.24, 2.45) is 0 Å². The van der Waals surface area contributed by atoms with Crippen LogP contribution in [-0.4, -0.2) is 32.1 Å². The molecule has 5 N–H and O–H groups in total. The van der Waals surface area contributed by atoms with Crippen LogP contribution in [0.4, 0.5) is 0 Å². The standard InChI is InChI=1S/C15H12O6/c16-10-2-1-9(14(19)15(10)20)8-3-7-4-11(17)12(18)5-13(7)21-6-8/h1-5,16-20H,6H2. The number of fused-ring (bicyclic) bond motifs is 1. The predicted octanol–water partition coefficient (Wildman–Crippen LogP) is 2.15. The molecule has 1 heterocycles. The molecule has 0 radical (unpaired) electrons. The molecule has 2 aromatic rings. The monoisotopic (exact) mass is 288 g/mol. The van der Waals surface area contributed by atoms with Crippen LogP contribution in [0.2, 0.25) is 0 Å². The van der Waals surface area contributed by atoms with Crippen LogP contribution in [0.25, 0.3) is 11.6 Å². The maximum Gasteiger partial charge on any atom is 0.200 e. The molecule has 0 saturated heterocycles. The van der Waals surface area contributed by atoms with Crippen molar-refractivity contribution in [1.82, 2.24) is 0 Å². The molecular formula is C15H12O6. The number of aromatic hydroxyl groups is 5. The summed E-state index contributed by atoms with van der Waals surface area (Å²) >= 11 is 0. The van der Waals surface area contributed by atoms with Crippen molar-refractivity contribution in [3.8, 4) is 34.5 Å².